The second-order valence-electron chi connectivity index (χ2n) is 9.60. The van der Waals surface area contributed by atoms with Crippen molar-refractivity contribution in [2.45, 2.75) is 72.4 Å². The van der Waals surface area contributed by atoms with E-state index >= 15 is 0 Å². The Hall–Kier alpha value is -2.67. The van der Waals surface area contributed by atoms with E-state index in [1.165, 1.54) is 4.57 Å². The second kappa shape index (κ2) is 13.2. The van der Waals surface area contributed by atoms with Gasteiger partial charge in [0.15, 0.2) is 6.23 Å². The molecule has 1 saturated heterocycles. The number of aromatic nitrogens is 2. The summed E-state index contributed by atoms with van der Waals surface area (Å²) in [6.07, 6.45) is 0.705. The number of amides is 1. The van der Waals surface area contributed by atoms with Gasteiger partial charge in [0.2, 0.25) is 0 Å². The summed E-state index contributed by atoms with van der Waals surface area (Å²) < 4.78 is 22.2. The molecule has 0 radical (unpaired) electrons. The smallest absolute Gasteiger partial charge is 0.351 e. The highest BCUT2D eigenvalue weighted by Crippen LogP contribution is 2.50. The highest BCUT2D eigenvalue weighted by molar-refractivity contribution is 7.44. The number of carbonyl (C=O) groups excluding carboxylic acids is 1. The Bertz CT molecular complexity index is 1140. The van der Waals surface area contributed by atoms with Crippen LogP contribution in [0.15, 0.2) is 41.3 Å². The lowest BCUT2D eigenvalue weighted by molar-refractivity contribution is -0.00985. The maximum atomic E-state index is 13.1. The molecule has 200 valence electrons. The Morgan fingerprint density at radius 3 is 2.59 bits per heavy atom. The van der Waals surface area contributed by atoms with E-state index in [9.17, 15) is 9.59 Å². The molecule has 0 aliphatic carbocycles. The molecule has 4 atom stereocenters. The maximum Gasteiger partial charge on any atom is 0.351 e. The van der Waals surface area contributed by atoms with Gasteiger partial charge in [0.1, 0.15) is 11.9 Å². The van der Waals surface area contributed by atoms with Crippen molar-refractivity contribution in [3.63, 3.8) is 0 Å². The molecule has 1 amide bonds. The van der Waals surface area contributed by atoms with Gasteiger partial charge >= 0.3 is 5.69 Å². The number of nitrogens with zero attached hydrogens (tertiary/aromatic N) is 4. The lowest BCUT2D eigenvalue weighted by Gasteiger charge is -2.38. The van der Waals surface area contributed by atoms with Crippen LogP contribution in [0.25, 0.3) is 0 Å². The zero-order chi connectivity index (χ0) is 27.1. The van der Waals surface area contributed by atoms with Crippen LogP contribution in [0.1, 0.15) is 63.2 Å². The summed E-state index contributed by atoms with van der Waals surface area (Å²) in [5.41, 5.74) is 0.532. The van der Waals surface area contributed by atoms with Crippen LogP contribution in [0.3, 0.4) is 0 Å². The molecule has 0 bridgehead atoms. The van der Waals surface area contributed by atoms with Gasteiger partial charge in [0.05, 0.1) is 25.7 Å². The van der Waals surface area contributed by atoms with Gasteiger partial charge in [-0.1, -0.05) is 25.1 Å². The van der Waals surface area contributed by atoms with Crippen LogP contribution in [0.2, 0.25) is 0 Å². The lowest BCUT2D eigenvalue weighted by atomic mass is 10.1. The molecule has 2 heterocycles. The number of ether oxygens (including phenoxy) is 1. The van der Waals surface area contributed by atoms with Gasteiger partial charge in [-0.3, -0.25) is 9.36 Å². The first-order valence-corrected chi connectivity index (χ1v) is 13.6. The number of anilines is 1. The SMILES string of the molecule is Cc1cn([C@@H]2OC[C@@H](C)C2OP(OCCC#N)N(C(C)C)C(C)C)c(=O)nc1NC(=O)c1ccccc1. The molecule has 1 fully saturated rings. The van der Waals surface area contributed by atoms with Crippen LogP contribution in [-0.2, 0) is 13.8 Å². The second-order valence-corrected chi connectivity index (χ2v) is 11.0. The molecule has 3 rings (SSSR count). The average molecular weight is 530 g/mol. The van der Waals surface area contributed by atoms with E-state index in [0.29, 0.717) is 17.7 Å². The first-order chi connectivity index (χ1) is 17.6. The highest BCUT2D eigenvalue weighted by atomic mass is 31.2. The topological polar surface area (TPSA) is 119 Å². The molecule has 2 unspecified atom stereocenters. The molecule has 0 saturated carbocycles. The third-order valence-electron chi connectivity index (χ3n) is 5.92. The monoisotopic (exact) mass is 529 g/mol. The van der Waals surface area contributed by atoms with Gasteiger partial charge in [-0.25, -0.2) is 9.46 Å². The zero-order valence-electron chi connectivity index (χ0n) is 22.2. The van der Waals surface area contributed by atoms with Gasteiger partial charge in [-0.05, 0) is 46.8 Å². The molecular formula is C26H36N5O5P. The third-order valence-corrected chi connectivity index (χ3v) is 8.05. The maximum absolute atomic E-state index is 13.1. The molecule has 1 aromatic heterocycles. The standard InChI is InChI=1S/C26H36N5O5P/c1-17(2)31(18(3)4)37(35-14-10-13-27)36-22-20(6)16-34-25(22)30-15-19(5)23(29-26(30)33)28-24(32)21-11-8-7-9-12-21/h7-9,11-12,15,17-18,20,22,25H,10,14,16H2,1-6H3,(H,28,29,32,33)/t20-,22?,25-,37?/m1/s1. The Labute approximate surface area is 219 Å². The van der Waals surface area contributed by atoms with E-state index in [1.54, 1.807) is 37.4 Å². The van der Waals surface area contributed by atoms with Crippen molar-refractivity contribution in [1.29, 1.82) is 5.26 Å². The van der Waals surface area contributed by atoms with E-state index in [-0.39, 0.29) is 42.8 Å². The van der Waals surface area contributed by atoms with Crippen molar-refractivity contribution in [2.75, 3.05) is 18.5 Å². The number of aryl methyl sites for hydroxylation is 1. The molecule has 1 aliphatic rings. The Balaban J connectivity index is 1.85. The molecule has 11 heteroatoms. The summed E-state index contributed by atoms with van der Waals surface area (Å²) >= 11 is 0. The largest absolute Gasteiger partial charge is 0.355 e. The number of nitrogens with one attached hydrogen (secondary N) is 1. The Morgan fingerprint density at radius 1 is 1.30 bits per heavy atom. The van der Waals surface area contributed by atoms with E-state index < -0.39 is 26.5 Å². The zero-order valence-corrected chi connectivity index (χ0v) is 23.1. The fraction of sp³-hybridized carbons (Fsp3) is 0.538. The van der Waals surface area contributed by atoms with Gasteiger partial charge < -0.3 is 19.1 Å². The molecule has 1 aromatic carbocycles. The van der Waals surface area contributed by atoms with Crippen LogP contribution >= 0.6 is 8.53 Å². The first kappa shape index (κ1) is 28.9. The van der Waals surface area contributed by atoms with Crippen molar-refractivity contribution in [3.05, 3.63) is 58.1 Å². The molecule has 1 N–H and O–H groups in total. The molecule has 1 aliphatic heterocycles. The van der Waals surface area contributed by atoms with Crippen LogP contribution in [0, 0.1) is 24.2 Å². The summed E-state index contributed by atoms with van der Waals surface area (Å²) in [5.74, 6) is -0.158. The van der Waals surface area contributed by atoms with Gasteiger partial charge in [0, 0.05) is 35.3 Å². The summed E-state index contributed by atoms with van der Waals surface area (Å²) in [7, 11) is -1.52. The predicted octanol–water partition coefficient (Wildman–Crippen LogP) is 4.63. The van der Waals surface area contributed by atoms with E-state index in [0.717, 1.165) is 0 Å². The van der Waals surface area contributed by atoms with Crippen molar-refractivity contribution in [3.8, 4) is 6.07 Å². The number of nitriles is 1. The van der Waals surface area contributed by atoms with Crippen molar-refractivity contribution < 1.29 is 18.6 Å². The minimum atomic E-state index is -1.52. The van der Waals surface area contributed by atoms with Crippen LogP contribution in [0.4, 0.5) is 5.82 Å². The minimum Gasteiger partial charge on any atom is -0.355 e. The molecule has 0 spiro atoms. The van der Waals surface area contributed by atoms with E-state index in [1.807, 2.05) is 13.0 Å². The third kappa shape index (κ3) is 7.22. The normalized spacial score (nSPS) is 20.4. The number of hydrogen-bond acceptors (Lipinski definition) is 8. The Kier molecular flexibility index (Phi) is 10.3. The quantitative estimate of drug-likeness (QED) is 0.331. The first-order valence-electron chi connectivity index (χ1n) is 12.5. The van der Waals surface area contributed by atoms with Gasteiger partial charge in [0.25, 0.3) is 14.4 Å². The van der Waals surface area contributed by atoms with E-state index in [2.05, 4.69) is 48.7 Å². The molecule has 10 nitrogen and oxygen atoms in total. The highest BCUT2D eigenvalue weighted by Gasteiger charge is 2.42. The Morgan fingerprint density at radius 2 is 1.97 bits per heavy atom. The number of carbonyl (C=O) groups is 1. The van der Waals surface area contributed by atoms with Gasteiger partial charge in [-0.2, -0.15) is 10.2 Å². The van der Waals surface area contributed by atoms with Crippen molar-refractivity contribution >= 4 is 20.3 Å². The van der Waals surface area contributed by atoms with Crippen LogP contribution in [0.5, 0.6) is 0 Å². The summed E-state index contributed by atoms with van der Waals surface area (Å²) in [6.45, 7) is 12.7. The average Bonchev–Trinajstić information content (AvgIpc) is 3.21. The molecule has 37 heavy (non-hydrogen) atoms. The van der Waals surface area contributed by atoms with Crippen molar-refractivity contribution in [2.24, 2.45) is 5.92 Å². The fourth-order valence-corrected chi connectivity index (χ4v) is 5.98. The summed E-state index contributed by atoms with van der Waals surface area (Å²) in [4.78, 5) is 29.8. The fourth-order valence-electron chi connectivity index (χ4n) is 4.16. The molecular weight excluding hydrogens is 493 g/mol. The van der Waals surface area contributed by atoms with E-state index in [4.69, 9.17) is 19.0 Å². The summed E-state index contributed by atoms with van der Waals surface area (Å²) in [6, 6.07) is 11.1. The summed E-state index contributed by atoms with van der Waals surface area (Å²) in [5, 5.41) is 11.7. The lowest BCUT2D eigenvalue weighted by Crippen LogP contribution is -2.38. The molecule has 2 aromatic rings. The number of rotatable bonds is 11. The van der Waals surface area contributed by atoms with Crippen LogP contribution < -0.4 is 11.0 Å². The minimum absolute atomic E-state index is 0.0135. The van der Waals surface area contributed by atoms with Crippen LogP contribution in [-0.4, -0.2) is 51.5 Å². The number of benzene rings is 1. The number of hydrogen-bond donors (Lipinski definition) is 1. The van der Waals surface area contributed by atoms with Gasteiger partial charge in [-0.15, -0.1) is 0 Å². The predicted molar refractivity (Wildman–Crippen MR) is 142 cm³/mol. The van der Waals surface area contributed by atoms with Crippen molar-refractivity contribution in [1.82, 2.24) is 14.2 Å².